The highest BCUT2D eigenvalue weighted by molar-refractivity contribution is 5.21. The van der Waals surface area contributed by atoms with E-state index in [1.807, 2.05) is 19.1 Å². The molecule has 1 saturated heterocycles. The van der Waals surface area contributed by atoms with Crippen molar-refractivity contribution >= 4 is 0 Å². The summed E-state index contributed by atoms with van der Waals surface area (Å²) in [6, 6.07) is 7.09. The van der Waals surface area contributed by atoms with Gasteiger partial charge in [0.25, 0.3) is 0 Å². The van der Waals surface area contributed by atoms with Gasteiger partial charge in [-0.15, -0.1) is 0 Å². The zero-order chi connectivity index (χ0) is 13.1. The Balaban J connectivity index is 2.24. The first-order valence-corrected chi connectivity index (χ1v) is 6.44. The van der Waals surface area contributed by atoms with Gasteiger partial charge in [0, 0.05) is 18.6 Å². The van der Waals surface area contributed by atoms with Crippen LogP contribution in [0.1, 0.15) is 25.5 Å². The number of morpholine rings is 1. The van der Waals surface area contributed by atoms with E-state index in [4.69, 9.17) is 10.5 Å². The van der Waals surface area contributed by atoms with Crippen LogP contribution >= 0.6 is 0 Å². The predicted octanol–water partition coefficient (Wildman–Crippen LogP) is 1.93. The summed E-state index contributed by atoms with van der Waals surface area (Å²) in [4.78, 5) is 2.35. The van der Waals surface area contributed by atoms with Crippen LogP contribution in [-0.4, -0.2) is 36.7 Å². The van der Waals surface area contributed by atoms with Crippen LogP contribution in [0.2, 0.25) is 0 Å². The van der Waals surface area contributed by atoms with Gasteiger partial charge in [-0.1, -0.05) is 12.1 Å². The Morgan fingerprint density at radius 1 is 1.39 bits per heavy atom. The minimum absolute atomic E-state index is 0.00369. The van der Waals surface area contributed by atoms with Crippen LogP contribution in [-0.2, 0) is 4.74 Å². The fourth-order valence-electron chi connectivity index (χ4n) is 2.61. The average molecular weight is 252 g/mol. The summed E-state index contributed by atoms with van der Waals surface area (Å²) in [5, 5.41) is 0. The molecule has 0 saturated carbocycles. The van der Waals surface area contributed by atoms with Gasteiger partial charge in [0.05, 0.1) is 19.3 Å². The molecule has 4 heteroatoms. The second-order valence-electron chi connectivity index (χ2n) is 5.02. The highest BCUT2D eigenvalue weighted by Gasteiger charge is 2.30. The topological polar surface area (TPSA) is 38.5 Å². The van der Waals surface area contributed by atoms with Gasteiger partial charge in [-0.3, -0.25) is 4.90 Å². The van der Waals surface area contributed by atoms with Crippen molar-refractivity contribution in [3.05, 3.63) is 35.6 Å². The zero-order valence-corrected chi connectivity index (χ0v) is 11.0. The molecular weight excluding hydrogens is 231 g/mol. The van der Waals surface area contributed by atoms with E-state index < -0.39 is 0 Å². The average Bonchev–Trinajstić information content (AvgIpc) is 2.34. The van der Waals surface area contributed by atoms with Crippen molar-refractivity contribution in [2.75, 3.05) is 19.8 Å². The molecule has 0 spiro atoms. The van der Waals surface area contributed by atoms with E-state index >= 15 is 0 Å². The molecule has 2 rings (SSSR count). The molecule has 0 radical (unpaired) electrons. The van der Waals surface area contributed by atoms with Crippen molar-refractivity contribution in [1.29, 1.82) is 0 Å². The Kier molecular flexibility index (Phi) is 4.32. The smallest absolute Gasteiger partial charge is 0.123 e. The standard InChI is InChI=1S/C14H21FN2O/c1-10-9-18-8-7-17(10)14(11(2)16)12-3-5-13(15)6-4-12/h3-6,10-11,14H,7-9,16H2,1-2H3. The molecule has 2 N–H and O–H groups in total. The number of hydrogen-bond acceptors (Lipinski definition) is 3. The maximum atomic E-state index is 13.0. The maximum absolute atomic E-state index is 13.0. The van der Waals surface area contributed by atoms with E-state index in [0.717, 1.165) is 25.3 Å². The Morgan fingerprint density at radius 3 is 2.61 bits per heavy atom. The second-order valence-corrected chi connectivity index (χ2v) is 5.02. The number of benzene rings is 1. The second kappa shape index (κ2) is 5.78. The molecule has 1 heterocycles. The molecular formula is C14H21FN2O. The summed E-state index contributed by atoms with van der Waals surface area (Å²) in [5.41, 5.74) is 7.19. The van der Waals surface area contributed by atoms with E-state index in [1.54, 1.807) is 0 Å². The number of ether oxygens (including phenoxy) is 1. The third-order valence-electron chi connectivity index (χ3n) is 3.49. The lowest BCUT2D eigenvalue weighted by Crippen LogP contribution is -2.50. The largest absolute Gasteiger partial charge is 0.379 e. The van der Waals surface area contributed by atoms with Crippen molar-refractivity contribution < 1.29 is 9.13 Å². The molecule has 1 aromatic rings. The molecule has 3 unspecified atom stereocenters. The van der Waals surface area contributed by atoms with E-state index in [9.17, 15) is 4.39 Å². The van der Waals surface area contributed by atoms with Gasteiger partial charge < -0.3 is 10.5 Å². The molecule has 0 bridgehead atoms. The lowest BCUT2D eigenvalue weighted by Gasteiger charge is -2.41. The molecule has 1 aliphatic rings. The van der Waals surface area contributed by atoms with Crippen molar-refractivity contribution in [1.82, 2.24) is 4.90 Å². The summed E-state index contributed by atoms with van der Waals surface area (Å²) < 4.78 is 18.5. The summed E-state index contributed by atoms with van der Waals surface area (Å²) in [7, 11) is 0. The summed E-state index contributed by atoms with van der Waals surface area (Å²) >= 11 is 0. The number of hydrogen-bond donors (Lipinski definition) is 1. The molecule has 18 heavy (non-hydrogen) atoms. The van der Waals surface area contributed by atoms with E-state index in [-0.39, 0.29) is 17.9 Å². The van der Waals surface area contributed by atoms with Crippen molar-refractivity contribution in [3.63, 3.8) is 0 Å². The van der Waals surface area contributed by atoms with Crippen LogP contribution in [0.5, 0.6) is 0 Å². The van der Waals surface area contributed by atoms with Gasteiger partial charge in [-0.2, -0.15) is 0 Å². The quantitative estimate of drug-likeness (QED) is 0.893. The number of nitrogens with zero attached hydrogens (tertiary/aromatic N) is 1. The van der Waals surface area contributed by atoms with Gasteiger partial charge in [0.15, 0.2) is 0 Å². The minimum Gasteiger partial charge on any atom is -0.379 e. The third kappa shape index (κ3) is 2.88. The van der Waals surface area contributed by atoms with Crippen molar-refractivity contribution in [3.8, 4) is 0 Å². The molecule has 100 valence electrons. The molecule has 0 aromatic heterocycles. The van der Waals surface area contributed by atoms with Gasteiger partial charge >= 0.3 is 0 Å². The Bertz CT molecular complexity index is 380. The summed E-state index contributed by atoms with van der Waals surface area (Å²) in [5.74, 6) is -0.211. The Labute approximate surface area is 108 Å². The molecule has 3 atom stereocenters. The number of rotatable bonds is 3. The molecule has 3 nitrogen and oxygen atoms in total. The first-order chi connectivity index (χ1) is 8.59. The molecule has 1 aliphatic heterocycles. The van der Waals surface area contributed by atoms with Gasteiger partial charge in [0.2, 0.25) is 0 Å². The normalized spacial score (nSPS) is 24.8. The lowest BCUT2D eigenvalue weighted by molar-refractivity contribution is -0.0268. The number of nitrogens with two attached hydrogens (primary N) is 1. The zero-order valence-electron chi connectivity index (χ0n) is 11.0. The third-order valence-corrected chi connectivity index (χ3v) is 3.49. The molecule has 0 amide bonds. The van der Waals surface area contributed by atoms with Crippen LogP contribution in [0, 0.1) is 5.82 Å². The Hall–Kier alpha value is -0.970. The fourth-order valence-corrected chi connectivity index (χ4v) is 2.61. The first kappa shape index (κ1) is 13.5. The van der Waals surface area contributed by atoms with Crippen LogP contribution < -0.4 is 5.73 Å². The number of halogens is 1. The first-order valence-electron chi connectivity index (χ1n) is 6.44. The van der Waals surface area contributed by atoms with Crippen molar-refractivity contribution in [2.24, 2.45) is 5.73 Å². The van der Waals surface area contributed by atoms with Crippen molar-refractivity contribution in [2.45, 2.75) is 32.0 Å². The predicted molar refractivity (Wildman–Crippen MR) is 69.8 cm³/mol. The fraction of sp³-hybridized carbons (Fsp3) is 0.571. The molecule has 1 fully saturated rings. The van der Waals surface area contributed by atoms with Crippen LogP contribution in [0.25, 0.3) is 0 Å². The van der Waals surface area contributed by atoms with Crippen LogP contribution in [0.4, 0.5) is 4.39 Å². The monoisotopic (exact) mass is 252 g/mol. The lowest BCUT2D eigenvalue weighted by atomic mass is 9.97. The highest BCUT2D eigenvalue weighted by atomic mass is 19.1. The molecule has 1 aromatic carbocycles. The Morgan fingerprint density at radius 2 is 2.06 bits per heavy atom. The highest BCUT2D eigenvalue weighted by Crippen LogP contribution is 2.27. The van der Waals surface area contributed by atoms with Crippen LogP contribution in [0.3, 0.4) is 0 Å². The van der Waals surface area contributed by atoms with Gasteiger partial charge in [-0.05, 0) is 31.5 Å². The van der Waals surface area contributed by atoms with Crippen LogP contribution in [0.15, 0.2) is 24.3 Å². The summed E-state index contributed by atoms with van der Waals surface area (Å²) in [6.07, 6.45) is 0. The minimum atomic E-state index is -0.211. The van der Waals surface area contributed by atoms with E-state index in [1.165, 1.54) is 12.1 Å². The maximum Gasteiger partial charge on any atom is 0.123 e. The SMILES string of the molecule is CC(N)C(c1ccc(F)cc1)N1CCOCC1C. The summed E-state index contributed by atoms with van der Waals surface area (Å²) in [6.45, 7) is 6.46. The van der Waals surface area contributed by atoms with Gasteiger partial charge in [0.1, 0.15) is 5.82 Å². The van der Waals surface area contributed by atoms with E-state index in [2.05, 4.69) is 11.8 Å². The van der Waals surface area contributed by atoms with Gasteiger partial charge in [-0.25, -0.2) is 4.39 Å². The molecule has 0 aliphatic carbocycles. The van der Waals surface area contributed by atoms with E-state index in [0.29, 0.717) is 6.04 Å².